The maximum atomic E-state index is 13.5. The molecule has 0 heterocycles. The predicted molar refractivity (Wildman–Crippen MR) is 104 cm³/mol. The van der Waals surface area contributed by atoms with Gasteiger partial charge in [0.2, 0.25) is 0 Å². The summed E-state index contributed by atoms with van der Waals surface area (Å²) in [6, 6.07) is 4.48. The number of halogens is 1. The second-order valence-corrected chi connectivity index (χ2v) is 13.7. The lowest BCUT2D eigenvalue weighted by Crippen LogP contribution is -2.45. The van der Waals surface area contributed by atoms with E-state index < -0.39 is 8.32 Å². The summed E-state index contributed by atoms with van der Waals surface area (Å²) in [5.41, 5.74) is 3.63. The van der Waals surface area contributed by atoms with Crippen molar-refractivity contribution in [3.63, 3.8) is 0 Å². The molecular formula is C20H34FNO2Si. The van der Waals surface area contributed by atoms with Crippen molar-refractivity contribution in [3.8, 4) is 0 Å². The van der Waals surface area contributed by atoms with Gasteiger partial charge in [0.1, 0.15) is 5.82 Å². The highest BCUT2D eigenvalue weighted by molar-refractivity contribution is 6.74. The van der Waals surface area contributed by atoms with Crippen LogP contribution >= 0.6 is 0 Å². The number of nitrogens with one attached hydrogen (secondary N) is 1. The SMILES string of the molecule is CC(C)(C)[Si](C)(C)O[C@H]1CCCC(CCc2cc(F)ccc2NO)C1. The van der Waals surface area contributed by atoms with Crippen LogP contribution in [0.1, 0.15) is 58.4 Å². The first-order valence-electron chi connectivity index (χ1n) is 9.49. The van der Waals surface area contributed by atoms with Gasteiger partial charge in [-0.1, -0.05) is 33.6 Å². The third-order valence-electron chi connectivity index (χ3n) is 6.01. The summed E-state index contributed by atoms with van der Waals surface area (Å²) in [5.74, 6) is 0.357. The van der Waals surface area contributed by atoms with Crippen LogP contribution in [0.25, 0.3) is 0 Å². The minimum Gasteiger partial charge on any atom is -0.414 e. The van der Waals surface area contributed by atoms with Crippen LogP contribution in [0.15, 0.2) is 18.2 Å². The van der Waals surface area contributed by atoms with Crippen LogP contribution in [0.5, 0.6) is 0 Å². The monoisotopic (exact) mass is 367 g/mol. The van der Waals surface area contributed by atoms with Gasteiger partial charge in [-0.25, -0.2) is 4.39 Å². The van der Waals surface area contributed by atoms with Gasteiger partial charge in [-0.3, -0.25) is 10.7 Å². The molecule has 1 fully saturated rings. The Balaban J connectivity index is 1.93. The standard InChI is InChI=1S/C20H34FNO2Si/c1-20(2,3)25(4,5)24-18-8-6-7-15(13-18)9-10-16-14-17(21)11-12-19(16)22-23/h11-12,14-15,18,22-23H,6-10,13H2,1-5H3/t15?,18-/m0/s1. The zero-order valence-corrected chi connectivity index (χ0v) is 17.4. The Labute approximate surface area is 153 Å². The average Bonchev–Trinajstić information content (AvgIpc) is 2.52. The molecule has 0 aliphatic heterocycles. The van der Waals surface area contributed by atoms with Gasteiger partial charge in [-0.05, 0) is 73.5 Å². The first kappa shape index (κ1) is 20.4. The molecule has 1 aromatic rings. The lowest BCUT2D eigenvalue weighted by atomic mass is 9.83. The zero-order chi connectivity index (χ0) is 18.7. The van der Waals surface area contributed by atoms with Gasteiger partial charge in [0, 0.05) is 6.10 Å². The van der Waals surface area contributed by atoms with Crippen LogP contribution < -0.4 is 5.48 Å². The highest BCUT2D eigenvalue weighted by Crippen LogP contribution is 2.40. The second-order valence-electron chi connectivity index (χ2n) is 8.98. The first-order valence-corrected chi connectivity index (χ1v) is 12.4. The smallest absolute Gasteiger partial charge is 0.192 e. The molecule has 2 N–H and O–H groups in total. The van der Waals surface area contributed by atoms with Crippen molar-refractivity contribution in [1.82, 2.24) is 0 Å². The molecule has 0 radical (unpaired) electrons. The van der Waals surface area contributed by atoms with Gasteiger partial charge in [0.05, 0.1) is 5.69 Å². The molecule has 0 amide bonds. The molecular weight excluding hydrogens is 333 g/mol. The summed E-state index contributed by atoms with van der Waals surface area (Å²) >= 11 is 0. The van der Waals surface area contributed by atoms with Crippen LogP contribution in [-0.2, 0) is 10.8 Å². The summed E-state index contributed by atoms with van der Waals surface area (Å²) in [6.07, 6.45) is 6.83. The van der Waals surface area contributed by atoms with E-state index in [4.69, 9.17) is 4.43 Å². The lowest BCUT2D eigenvalue weighted by molar-refractivity contribution is 0.106. The van der Waals surface area contributed by atoms with E-state index in [2.05, 4.69) is 39.3 Å². The largest absolute Gasteiger partial charge is 0.414 e. The molecule has 0 bridgehead atoms. The third-order valence-corrected chi connectivity index (χ3v) is 10.5. The molecule has 0 saturated heterocycles. The van der Waals surface area contributed by atoms with Crippen molar-refractivity contribution >= 4 is 14.0 Å². The molecule has 1 aromatic carbocycles. The van der Waals surface area contributed by atoms with Gasteiger partial charge in [0.15, 0.2) is 8.32 Å². The van der Waals surface area contributed by atoms with E-state index in [-0.39, 0.29) is 10.9 Å². The highest BCUT2D eigenvalue weighted by atomic mass is 28.4. The summed E-state index contributed by atoms with van der Waals surface area (Å²) in [6.45, 7) is 11.5. The van der Waals surface area contributed by atoms with E-state index in [1.54, 1.807) is 6.07 Å². The Hall–Kier alpha value is -0.913. The van der Waals surface area contributed by atoms with Gasteiger partial charge >= 0.3 is 0 Å². The number of benzene rings is 1. The molecule has 2 atom stereocenters. The van der Waals surface area contributed by atoms with E-state index in [0.29, 0.717) is 17.7 Å². The minimum absolute atomic E-state index is 0.239. The fourth-order valence-corrected chi connectivity index (χ4v) is 4.84. The fourth-order valence-electron chi connectivity index (χ4n) is 3.44. The van der Waals surface area contributed by atoms with E-state index in [0.717, 1.165) is 31.2 Å². The summed E-state index contributed by atoms with van der Waals surface area (Å²) in [7, 11) is -1.72. The van der Waals surface area contributed by atoms with Crippen molar-refractivity contribution in [2.24, 2.45) is 5.92 Å². The molecule has 5 heteroatoms. The van der Waals surface area contributed by atoms with Gasteiger partial charge in [-0.15, -0.1) is 0 Å². The van der Waals surface area contributed by atoms with E-state index in [1.165, 1.54) is 25.0 Å². The number of hydrogen-bond donors (Lipinski definition) is 2. The Morgan fingerprint density at radius 1 is 1.28 bits per heavy atom. The van der Waals surface area contributed by atoms with Gasteiger partial charge in [0.25, 0.3) is 0 Å². The highest BCUT2D eigenvalue weighted by Gasteiger charge is 2.40. The molecule has 2 rings (SSSR count). The van der Waals surface area contributed by atoms with Crippen molar-refractivity contribution in [2.75, 3.05) is 5.48 Å². The minimum atomic E-state index is -1.72. The van der Waals surface area contributed by atoms with Crippen molar-refractivity contribution < 1.29 is 14.0 Å². The van der Waals surface area contributed by atoms with Crippen molar-refractivity contribution in [1.29, 1.82) is 0 Å². The summed E-state index contributed by atoms with van der Waals surface area (Å²) < 4.78 is 20.1. The van der Waals surface area contributed by atoms with Crippen molar-refractivity contribution in [3.05, 3.63) is 29.6 Å². The molecule has 25 heavy (non-hydrogen) atoms. The number of rotatable bonds is 6. The molecule has 3 nitrogen and oxygen atoms in total. The summed E-state index contributed by atoms with van der Waals surface area (Å²) in [4.78, 5) is 0. The Morgan fingerprint density at radius 3 is 2.64 bits per heavy atom. The molecule has 1 aliphatic rings. The molecule has 1 saturated carbocycles. The Bertz CT molecular complexity index is 571. The second kappa shape index (κ2) is 8.19. The quantitative estimate of drug-likeness (QED) is 0.469. The van der Waals surface area contributed by atoms with Crippen LogP contribution in [-0.4, -0.2) is 19.6 Å². The normalized spacial score (nSPS) is 22.0. The van der Waals surface area contributed by atoms with Crippen LogP contribution in [0.4, 0.5) is 10.1 Å². The lowest BCUT2D eigenvalue weighted by Gasteiger charge is -2.41. The van der Waals surface area contributed by atoms with E-state index in [1.807, 2.05) is 0 Å². The molecule has 0 spiro atoms. The van der Waals surface area contributed by atoms with Gasteiger partial charge < -0.3 is 4.43 Å². The molecule has 0 aromatic heterocycles. The maximum absolute atomic E-state index is 13.5. The number of hydrogen-bond acceptors (Lipinski definition) is 3. The van der Waals surface area contributed by atoms with Crippen LogP contribution in [0.3, 0.4) is 0 Å². The average molecular weight is 368 g/mol. The van der Waals surface area contributed by atoms with Gasteiger partial charge in [-0.2, -0.15) is 0 Å². The Morgan fingerprint density at radius 2 is 2.00 bits per heavy atom. The predicted octanol–water partition coefficient (Wildman–Crippen LogP) is 6.14. The molecule has 1 unspecified atom stereocenters. The van der Waals surface area contributed by atoms with Crippen LogP contribution in [0, 0.1) is 11.7 Å². The summed E-state index contributed by atoms with van der Waals surface area (Å²) in [5, 5.41) is 9.44. The Kier molecular flexibility index (Phi) is 6.68. The topological polar surface area (TPSA) is 41.5 Å². The molecule has 1 aliphatic carbocycles. The molecule has 142 valence electrons. The van der Waals surface area contributed by atoms with E-state index >= 15 is 0 Å². The van der Waals surface area contributed by atoms with E-state index in [9.17, 15) is 9.60 Å². The number of anilines is 1. The van der Waals surface area contributed by atoms with Crippen molar-refractivity contribution in [2.45, 2.75) is 83.5 Å². The number of aryl methyl sites for hydroxylation is 1. The third kappa shape index (κ3) is 5.53. The fraction of sp³-hybridized carbons (Fsp3) is 0.700. The van der Waals surface area contributed by atoms with Crippen LogP contribution in [0.2, 0.25) is 18.1 Å². The maximum Gasteiger partial charge on any atom is 0.192 e. The first-order chi connectivity index (χ1) is 11.6. The zero-order valence-electron chi connectivity index (χ0n) is 16.4.